The number of rotatable bonds is 8. The number of benzene rings is 2. The first-order valence-corrected chi connectivity index (χ1v) is 8.65. The number of carbonyl (C=O) groups excluding carboxylic acids is 1. The van der Waals surface area contributed by atoms with E-state index in [1.807, 2.05) is 43.3 Å². The van der Waals surface area contributed by atoms with Crippen LogP contribution in [0.15, 0.2) is 48.5 Å². The van der Waals surface area contributed by atoms with Crippen LogP contribution >= 0.6 is 0 Å². The zero-order valence-electron chi connectivity index (χ0n) is 14.9. The second kappa shape index (κ2) is 9.02. The molecular weight excluding hydrogens is 314 g/mol. The van der Waals surface area contributed by atoms with Gasteiger partial charge in [-0.25, -0.2) is 0 Å². The number of carboxylic acids is 1. The Balaban J connectivity index is 2.12. The van der Waals surface area contributed by atoms with Gasteiger partial charge >= 0.3 is 5.97 Å². The van der Waals surface area contributed by atoms with Crippen molar-refractivity contribution in [2.24, 2.45) is 0 Å². The average Bonchev–Trinajstić information content (AvgIpc) is 2.60. The first-order valence-electron chi connectivity index (χ1n) is 8.65. The van der Waals surface area contributed by atoms with Crippen molar-refractivity contribution in [1.82, 2.24) is 4.90 Å². The summed E-state index contributed by atoms with van der Waals surface area (Å²) in [5.74, 6) is -1.09. The SMILES string of the molecule is CCCCC(=O)N(CC(=O)O)Cc1ccc(-c2ccccc2C)cc1. The molecule has 4 heteroatoms. The van der Waals surface area contributed by atoms with Gasteiger partial charge in [0.05, 0.1) is 0 Å². The van der Waals surface area contributed by atoms with Crippen LogP contribution in [-0.2, 0) is 16.1 Å². The van der Waals surface area contributed by atoms with E-state index in [-0.39, 0.29) is 12.5 Å². The molecule has 0 heterocycles. The van der Waals surface area contributed by atoms with Crippen molar-refractivity contribution in [3.8, 4) is 11.1 Å². The van der Waals surface area contributed by atoms with Gasteiger partial charge in [0.2, 0.25) is 5.91 Å². The summed E-state index contributed by atoms with van der Waals surface area (Å²) < 4.78 is 0. The highest BCUT2D eigenvalue weighted by atomic mass is 16.4. The molecule has 0 atom stereocenters. The quantitative estimate of drug-likeness (QED) is 0.781. The Bertz CT molecular complexity index is 722. The molecule has 0 radical (unpaired) electrons. The zero-order valence-corrected chi connectivity index (χ0v) is 14.9. The van der Waals surface area contributed by atoms with E-state index in [1.165, 1.54) is 16.0 Å². The van der Waals surface area contributed by atoms with Gasteiger partial charge in [0.25, 0.3) is 0 Å². The van der Waals surface area contributed by atoms with E-state index in [0.29, 0.717) is 13.0 Å². The maximum atomic E-state index is 12.2. The topological polar surface area (TPSA) is 57.6 Å². The van der Waals surface area contributed by atoms with Crippen LogP contribution in [0.5, 0.6) is 0 Å². The smallest absolute Gasteiger partial charge is 0.323 e. The molecule has 0 unspecified atom stereocenters. The summed E-state index contributed by atoms with van der Waals surface area (Å²) in [4.78, 5) is 24.7. The Hall–Kier alpha value is -2.62. The van der Waals surface area contributed by atoms with Crippen molar-refractivity contribution in [1.29, 1.82) is 0 Å². The second-order valence-electron chi connectivity index (χ2n) is 6.26. The lowest BCUT2D eigenvalue weighted by Gasteiger charge is -2.21. The third-order valence-corrected chi connectivity index (χ3v) is 4.21. The molecule has 0 aromatic heterocycles. The monoisotopic (exact) mass is 339 g/mol. The van der Waals surface area contributed by atoms with Crippen LogP contribution in [0, 0.1) is 6.92 Å². The Morgan fingerprint density at radius 3 is 2.32 bits per heavy atom. The number of carboxylic acid groups (broad SMARTS) is 1. The van der Waals surface area contributed by atoms with Crippen LogP contribution in [0.1, 0.15) is 37.3 Å². The fourth-order valence-electron chi connectivity index (χ4n) is 2.79. The molecule has 0 spiro atoms. The molecule has 1 N–H and O–H groups in total. The van der Waals surface area contributed by atoms with E-state index in [1.54, 1.807) is 0 Å². The molecule has 4 nitrogen and oxygen atoms in total. The number of unbranched alkanes of at least 4 members (excludes halogenated alkanes) is 1. The van der Waals surface area contributed by atoms with Crippen molar-refractivity contribution in [2.45, 2.75) is 39.7 Å². The summed E-state index contributed by atoms with van der Waals surface area (Å²) in [6.45, 7) is 4.15. The van der Waals surface area contributed by atoms with Crippen LogP contribution in [-0.4, -0.2) is 28.4 Å². The lowest BCUT2D eigenvalue weighted by Crippen LogP contribution is -2.35. The number of aliphatic carboxylic acids is 1. The highest BCUT2D eigenvalue weighted by Gasteiger charge is 2.16. The van der Waals surface area contributed by atoms with Gasteiger partial charge in [0.1, 0.15) is 6.54 Å². The molecular formula is C21H25NO3. The lowest BCUT2D eigenvalue weighted by atomic mass is 9.99. The maximum Gasteiger partial charge on any atom is 0.323 e. The number of aryl methyl sites for hydroxylation is 1. The van der Waals surface area contributed by atoms with Crippen molar-refractivity contribution < 1.29 is 14.7 Å². The summed E-state index contributed by atoms with van der Waals surface area (Å²) in [6.07, 6.45) is 2.09. The zero-order chi connectivity index (χ0) is 18.2. The fraction of sp³-hybridized carbons (Fsp3) is 0.333. The van der Waals surface area contributed by atoms with Crippen LogP contribution in [0.4, 0.5) is 0 Å². The van der Waals surface area contributed by atoms with Crippen LogP contribution in [0.2, 0.25) is 0 Å². The Morgan fingerprint density at radius 2 is 1.72 bits per heavy atom. The molecule has 0 aliphatic rings. The first-order chi connectivity index (χ1) is 12.0. The lowest BCUT2D eigenvalue weighted by molar-refractivity contribution is -0.144. The minimum atomic E-state index is -0.985. The predicted octanol–water partition coefficient (Wildman–Crippen LogP) is 4.27. The van der Waals surface area contributed by atoms with Crippen molar-refractivity contribution >= 4 is 11.9 Å². The number of hydrogen-bond acceptors (Lipinski definition) is 2. The molecule has 2 aromatic rings. The molecule has 0 saturated heterocycles. The van der Waals surface area contributed by atoms with Crippen molar-refractivity contribution in [3.05, 3.63) is 59.7 Å². The van der Waals surface area contributed by atoms with Crippen LogP contribution < -0.4 is 0 Å². The van der Waals surface area contributed by atoms with E-state index in [0.717, 1.165) is 24.0 Å². The Morgan fingerprint density at radius 1 is 1.04 bits per heavy atom. The molecule has 0 aliphatic carbocycles. The van der Waals surface area contributed by atoms with Gasteiger partial charge in [-0.3, -0.25) is 9.59 Å². The number of hydrogen-bond donors (Lipinski definition) is 1. The van der Waals surface area contributed by atoms with Crippen molar-refractivity contribution in [3.63, 3.8) is 0 Å². The largest absolute Gasteiger partial charge is 0.480 e. The predicted molar refractivity (Wildman–Crippen MR) is 99.2 cm³/mol. The van der Waals surface area contributed by atoms with Crippen molar-refractivity contribution in [2.75, 3.05) is 6.54 Å². The first kappa shape index (κ1) is 18.7. The highest BCUT2D eigenvalue weighted by Crippen LogP contribution is 2.23. The third kappa shape index (κ3) is 5.45. The minimum absolute atomic E-state index is 0.104. The van der Waals surface area contributed by atoms with Gasteiger partial charge in [-0.2, -0.15) is 0 Å². The summed E-state index contributed by atoms with van der Waals surface area (Å²) in [5.41, 5.74) is 4.43. The summed E-state index contributed by atoms with van der Waals surface area (Å²) in [6, 6.07) is 16.1. The summed E-state index contributed by atoms with van der Waals surface area (Å²) in [7, 11) is 0. The molecule has 2 rings (SSSR count). The second-order valence-corrected chi connectivity index (χ2v) is 6.26. The molecule has 25 heavy (non-hydrogen) atoms. The van der Waals surface area contributed by atoms with E-state index in [9.17, 15) is 9.59 Å². The van der Waals surface area contributed by atoms with E-state index >= 15 is 0 Å². The molecule has 132 valence electrons. The van der Waals surface area contributed by atoms with Gasteiger partial charge in [0, 0.05) is 13.0 Å². The van der Waals surface area contributed by atoms with Gasteiger partial charge in [-0.15, -0.1) is 0 Å². The molecule has 0 fully saturated rings. The number of nitrogens with zero attached hydrogens (tertiary/aromatic N) is 1. The Labute approximate surface area is 149 Å². The summed E-state index contributed by atoms with van der Waals surface area (Å²) in [5, 5.41) is 9.07. The number of carbonyl (C=O) groups is 2. The Kier molecular flexibility index (Phi) is 6.75. The third-order valence-electron chi connectivity index (χ3n) is 4.21. The van der Waals surface area contributed by atoms with Gasteiger partial charge in [0.15, 0.2) is 0 Å². The molecule has 0 aliphatic heterocycles. The van der Waals surface area contributed by atoms with E-state index < -0.39 is 5.97 Å². The molecule has 1 amide bonds. The molecule has 0 saturated carbocycles. The van der Waals surface area contributed by atoms with Crippen LogP contribution in [0.25, 0.3) is 11.1 Å². The van der Waals surface area contributed by atoms with Gasteiger partial charge in [-0.1, -0.05) is 61.9 Å². The standard InChI is InChI=1S/C21H25NO3/c1-3-4-9-20(23)22(15-21(24)25)14-17-10-12-18(13-11-17)19-8-6-5-7-16(19)2/h5-8,10-13H,3-4,9,14-15H2,1-2H3,(H,24,25). The highest BCUT2D eigenvalue weighted by molar-refractivity contribution is 5.81. The maximum absolute atomic E-state index is 12.2. The molecule has 2 aromatic carbocycles. The van der Waals surface area contributed by atoms with E-state index in [4.69, 9.17) is 5.11 Å². The van der Waals surface area contributed by atoms with Gasteiger partial charge < -0.3 is 10.0 Å². The minimum Gasteiger partial charge on any atom is -0.480 e. The van der Waals surface area contributed by atoms with Crippen LogP contribution in [0.3, 0.4) is 0 Å². The molecule has 0 bridgehead atoms. The summed E-state index contributed by atoms with van der Waals surface area (Å²) >= 11 is 0. The van der Waals surface area contributed by atoms with E-state index in [2.05, 4.69) is 19.1 Å². The number of amides is 1. The normalized spacial score (nSPS) is 10.5. The fourth-order valence-corrected chi connectivity index (χ4v) is 2.79. The van der Waals surface area contributed by atoms with Gasteiger partial charge in [-0.05, 0) is 35.6 Å². The average molecular weight is 339 g/mol.